The van der Waals surface area contributed by atoms with Crippen LogP contribution in [0.3, 0.4) is 0 Å². The fourth-order valence-electron chi connectivity index (χ4n) is 1.71. The number of aromatic carboxylic acids is 1. The second kappa shape index (κ2) is 5.40. The van der Waals surface area contributed by atoms with Gasteiger partial charge in [-0.25, -0.2) is 4.79 Å². The predicted molar refractivity (Wildman–Crippen MR) is 68.0 cm³/mol. The molecule has 0 radical (unpaired) electrons. The summed E-state index contributed by atoms with van der Waals surface area (Å²) in [5.41, 5.74) is -0.698. The normalized spacial score (nSPS) is 11.5. The number of ether oxygens (including phenoxy) is 1. The van der Waals surface area contributed by atoms with Crippen molar-refractivity contribution in [2.24, 2.45) is 0 Å². The smallest absolute Gasteiger partial charge is 0.477 e. The molecule has 0 fully saturated rings. The SMILES string of the molecule is Cc1onc(-c2cc(Br)ccc2OC(F)(F)F)c1C(=O)O. The largest absolute Gasteiger partial charge is 0.573 e. The highest BCUT2D eigenvalue weighted by molar-refractivity contribution is 9.10. The van der Waals surface area contributed by atoms with Gasteiger partial charge in [0.15, 0.2) is 0 Å². The molecule has 1 aromatic heterocycles. The Morgan fingerprint density at radius 1 is 1.43 bits per heavy atom. The number of hydrogen-bond acceptors (Lipinski definition) is 4. The van der Waals surface area contributed by atoms with Crippen molar-refractivity contribution in [1.29, 1.82) is 0 Å². The summed E-state index contributed by atoms with van der Waals surface area (Å²) >= 11 is 3.10. The van der Waals surface area contributed by atoms with Crippen LogP contribution in [0, 0.1) is 6.92 Å². The average Bonchev–Trinajstić information content (AvgIpc) is 2.71. The average molecular weight is 366 g/mol. The lowest BCUT2D eigenvalue weighted by molar-refractivity contribution is -0.274. The number of benzene rings is 1. The predicted octanol–water partition coefficient (Wildman–Crippen LogP) is 4.01. The van der Waals surface area contributed by atoms with Gasteiger partial charge in [-0.3, -0.25) is 0 Å². The van der Waals surface area contributed by atoms with Crippen LogP contribution in [0.1, 0.15) is 16.1 Å². The topological polar surface area (TPSA) is 72.6 Å². The summed E-state index contributed by atoms with van der Waals surface area (Å²) in [6.07, 6.45) is -4.91. The number of hydrogen-bond donors (Lipinski definition) is 1. The zero-order valence-corrected chi connectivity index (χ0v) is 11.9. The first-order valence-electron chi connectivity index (χ1n) is 5.44. The maximum absolute atomic E-state index is 12.4. The maximum Gasteiger partial charge on any atom is 0.573 e. The molecule has 21 heavy (non-hydrogen) atoms. The number of carboxylic acid groups (broad SMARTS) is 1. The molecule has 0 bridgehead atoms. The van der Waals surface area contributed by atoms with E-state index in [0.717, 1.165) is 6.07 Å². The minimum atomic E-state index is -4.91. The first-order valence-corrected chi connectivity index (χ1v) is 6.23. The molecule has 0 aliphatic heterocycles. The number of halogens is 4. The number of aromatic nitrogens is 1. The quantitative estimate of drug-likeness (QED) is 0.889. The van der Waals surface area contributed by atoms with Gasteiger partial charge in [-0.05, 0) is 25.1 Å². The fraction of sp³-hybridized carbons (Fsp3) is 0.167. The van der Waals surface area contributed by atoms with Crippen LogP contribution >= 0.6 is 15.9 Å². The minimum Gasteiger partial charge on any atom is -0.477 e. The molecule has 0 saturated carbocycles. The Balaban J connectivity index is 2.63. The van der Waals surface area contributed by atoms with Crippen molar-refractivity contribution < 1.29 is 32.3 Å². The van der Waals surface area contributed by atoms with Crippen molar-refractivity contribution in [2.75, 3.05) is 0 Å². The highest BCUT2D eigenvalue weighted by Gasteiger charge is 2.33. The van der Waals surface area contributed by atoms with Gasteiger partial charge in [0.25, 0.3) is 0 Å². The zero-order valence-electron chi connectivity index (χ0n) is 10.4. The Kier molecular flexibility index (Phi) is 3.95. The van der Waals surface area contributed by atoms with Gasteiger partial charge in [0.05, 0.1) is 0 Å². The number of carboxylic acids is 1. The summed E-state index contributed by atoms with van der Waals surface area (Å²) in [7, 11) is 0. The second-order valence-corrected chi connectivity index (χ2v) is 4.87. The maximum atomic E-state index is 12.4. The molecule has 0 atom stereocenters. The molecule has 1 N–H and O–H groups in total. The van der Waals surface area contributed by atoms with E-state index in [4.69, 9.17) is 9.63 Å². The van der Waals surface area contributed by atoms with Crippen molar-refractivity contribution in [3.63, 3.8) is 0 Å². The van der Waals surface area contributed by atoms with Gasteiger partial charge >= 0.3 is 12.3 Å². The van der Waals surface area contributed by atoms with Crippen LogP contribution < -0.4 is 4.74 Å². The summed E-state index contributed by atoms with van der Waals surface area (Å²) in [5.74, 6) is -1.95. The third kappa shape index (κ3) is 3.35. The number of rotatable bonds is 3. The van der Waals surface area contributed by atoms with Crippen molar-refractivity contribution in [2.45, 2.75) is 13.3 Å². The van der Waals surface area contributed by atoms with Crippen molar-refractivity contribution in [1.82, 2.24) is 5.16 Å². The first-order chi connectivity index (χ1) is 9.69. The summed E-state index contributed by atoms with van der Waals surface area (Å²) in [6, 6.07) is 3.66. The Labute approximate surface area is 124 Å². The van der Waals surface area contributed by atoms with Crippen LogP contribution in [0.4, 0.5) is 13.2 Å². The Morgan fingerprint density at radius 3 is 2.67 bits per heavy atom. The van der Waals surface area contributed by atoms with E-state index in [1.165, 1.54) is 19.1 Å². The van der Waals surface area contributed by atoms with Crippen LogP contribution in [-0.2, 0) is 0 Å². The molecule has 112 valence electrons. The first kappa shape index (κ1) is 15.4. The molecular formula is C12H7BrF3NO4. The summed E-state index contributed by atoms with van der Waals surface area (Å²) < 4.78 is 46.3. The summed E-state index contributed by atoms with van der Waals surface area (Å²) in [4.78, 5) is 11.2. The van der Waals surface area contributed by atoms with Gasteiger partial charge in [0.1, 0.15) is 22.8 Å². The molecule has 0 spiro atoms. The third-order valence-electron chi connectivity index (χ3n) is 2.50. The van der Waals surface area contributed by atoms with Crippen LogP contribution in [-0.4, -0.2) is 22.6 Å². The van der Waals surface area contributed by atoms with Gasteiger partial charge in [-0.2, -0.15) is 0 Å². The van der Waals surface area contributed by atoms with Crippen molar-refractivity contribution in [3.8, 4) is 17.0 Å². The Morgan fingerprint density at radius 2 is 2.10 bits per heavy atom. The van der Waals surface area contributed by atoms with E-state index in [2.05, 4.69) is 25.8 Å². The van der Waals surface area contributed by atoms with E-state index >= 15 is 0 Å². The molecule has 9 heteroatoms. The van der Waals surface area contributed by atoms with Gasteiger partial charge in [-0.15, -0.1) is 13.2 Å². The molecule has 2 rings (SSSR count). The van der Waals surface area contributed by atoms with Crippen molar-refractivity contribution >= 4 is 21.9 Å². The molecular weight excluding hydrogens is 359 g/mol. The van der Waals surface area contributed by atoms with Crippen molar-refractivity contribution in [3.05, 3.63) is 34.0 Å². The fourth-order valence-corrected chi connectivity index (χ4v) is 2.07. The molecule has 2 aromatic rings. The minimum absolute atomic E-state index is 0.0181. The van der Waals surface area contributed by atoms with Crippen LogP contribution in [0.25, 0.3) is 11.3 Å². The van der Waals surface area contributed by atoms with E-state index in [1.54, 1.807) is 0 Å². The number of nitrogens with zero attached hydrogens (tertiary/aromatic N) is 1. The highest BCUT2D eigenvalue weighted by Crippen LogP contribution is 2.37. The van der Waals surface area contributed by atoms with Gasteiger partial charge < -0.3 is 14.4 Å². The number of aryl methyl sites for hydroxylation is 1. The van der Waals surface area contributed by atoms with E-state index in [1.807, 2.05) is 0 Å². The lowest BCUT2D eigenvalue weighted by Crippen LogP contribution is -2.17. The summed E-state index contributed by atoms with van der Waals surface area (Å²) in [5, 5.41) is 12.6. The molecule has 0 unspecified atom stereocenters. The Hall–Kier alpha value is -2.03. The zero-order chi connectivity index (χ0) is 15.8. The molecule has 0 aliphatic rings. The van der Waals surface area contributed by atoms with E-state index in [9.17, 15) is 18.0 Å². The van der Waals surface area contributed by atoms with Crippen LogP contribution in [0.5, 0.6) is 5.75 Å². The number of carbonyl (C=O) groups is 1. The van der Waals surface area contributed by atoms with E-state index < -0.39 is 18.1 Å². The highest BCUT2D eigenvalue weighted by atomic mass is 79.9. The third-order valence-corrected chi connectivity index (χ3v) is 2.99. The second-order valence-electron chi connectivity index (χ2n) is 3.96. The standard InChI is InChI=1S/C12H7BrF3NO4/c1-5-9(11(18)19)10(17-21-5)7-4-6(13)2-3-8(7)20-12(14,15)16/h2-4H,1H3,(H,18,19). The summed E-state index contributed by atoms with van der Waals surface area (Å²) in [6.45, 7) is 1.35. The molecule has 1 heterocycles. The number of alkyl halides is 3. The Bertz CT molecular complexity index is 696. The van der Waals surface area contributed by atoms with E-state index in [-0.39, 0.29) is 22.6 Å². The van der Waals surface area contributed by atoms with Gasteiger partial charge in [-0.1, -0.05) is 21.1 Å². The molecule has 1 aromatic carbocycles. The molecule has 5 nitrogen and oxygen atoms in total. The van der Waals surface area contributed by atoms with Gasteiger partial charge in [0.2, 0.25) is 0 Å². The lowest BCUT2D eigenvalue weighted by atomic mass is 10.1. The molecule has 0 amide bonds. The van der Waals surface area contributed by atoms with Crippen LogP contribution in [0.15, 0.2) is 27.2 Å². The molecule has 0 saturated heterocycles. The molecule has 0 aliphatic carbocycles. The lowest BCUT2D eigenvalue weighted by Gasteiger charge is -2.12. The van der Waals surface area contributed by atoms with Gasteiger partial charge in [0, 0.05) is 10.0 Å². The monoisotopic (exact) mass is 365 g/mol. The van der Waals surface area contributed by atoms with E-state index in [0.29, 0.717) is 4.47 Å². The van der Waals surface area contributed by atoms with Crippen LogP contribution in [0.2, 0.25) is 0 Å².